The summed E-state index contributed by atoms with van der Waals surface area (Å²) in [5.41, 5.74) is 4.97. The highest BCUT2D eigenvalue weighted by Crippen LogP contribution is 2.26. The molecule has 0 unspecified atom stereocenters. The molecule has 0 saturated carbocycles. The van der Waals surface area contributed by atoms with E-state index in [1.54, 1.807) is 30.2 Å². The Balaban J connectivity index is 1.45. The molecule has 4 heterocycles. The lowest BCUT2D eigenvalue weighted by atomic mass is 10.1. The molecule has 1 aromatic carbocycles. The molecule has 7 heteroatoms. The van der Waals surface area contributed by atoms with E-state index >= 15 is 0 Å². The third-order valence-electron chi connectivity index (χ3n) is 4.82. The Kier molecular flexibility index (Phi) is 4.33. The number of anilines is 1. The monoisotopic (exact) mass is 394 g/mol. The number of aromatic nitrogens is 5. The highest BCUT2D eigenvalue weighted by molar-refractivity contribution is 6.04. The Labute approximate surface area is 172 Å². The zero-order chi connectivity index (χ0) is 20.5. The van der Waals surface area contributed by atoms with E-state index in [1.165, 1.54) is 0 Å². The third kappa shape index (κ3) is 3.33. The molecule has 5 rings (SSSR count). The van der Waals surface area contributed by atoms with E-state index in [0.717, 1.165) is 22.2 Å². The lowest BCUT2D eigenvalue weighted by Crippen LogP contribution is -2.14. The van der Waals surface area contributed by atoms with Crippen LogP contribution in [-0.4, -0.2) is 30.6 Å². The van der Waals surface area contributed by atoms with Crippen molar-refractivity contribution in [3.8, 4) is 22.6 Å². The number of nitrogens with one attached hydrogen (secondary N) is 2. The lowest BCUT2D eigenvalue weighted by molar-refractivity contribution is 0.102. The fourth-order valence-corrected chi connectivity index (χ4v) is 3.39. The standard InChI is InChI=1S/C23H18N6O/c1-29-14-21(22(28-29)19-5-2-3-11-24-19)27-23(30)20-7-4-6-18(26-20)15-8-9-17-16(13-15)10-12-25-17/h2-14,25H,1H3,(H,27,30). The van der Waals surface area contributed by atoms with Gasteiger partial charge in [-0.25, -0.2) is 4.98 Å². The van der Waals surface area contributed by atoms with E-state index in [1.807, 2.05) is 54.7 Å². The number of benzene rings is 1. The quantitative estimate of drug-likeness (QED) is 0.476. The van der Waals surface area contributed by atoms with Crippen molar-refractivity contribution in [2.45, 2.75) is 0 Å². The first-order valence-corrected chi connectivity index (χ1v) is 9.48. The molecule has 0 spiro atoms. The second-order valence-electron chi connectivity index (χ2n) is 6.92. The summed E-state index contributed by atoms with van der Waals surface area (Å²) in [5, 5.41) is 8.45. The van der Waals surface area contributed by atoms with Gasteiger partial charge in [-0.3, -0.25) is 14.5 Å². The van der Waals surface area contributed by atoms with E-state index in [0.29, 0.717) is 22.8 Å². The molecule has 0 bridgehead atoms. The van der Waals surface area contributed by atoms with Crippen LogP contribution >= 0.6 is 0 Å². The number of aryl methyl sites for hydroxylation is 1. The first kappa shape index (κ1) is 17.8. The van der Waals surface area contributed by atoms with Crippen molar-refractivity contribution in [2.24, 2.45) is 7.05 Å². The van der Waals surface area contributed by atoms with Gasteiger partial charge in [-0.05, 0) is 42.5 Å². The zero-order valence-electron chi connectivity index (χ0n) is 16.2. The van der Waals surface area contributed by atoms with Crippen molar-refractivity contribution in [3.05, 3.63) is 84.9 Å². The summed E-state index contributed by atoms with van der Waals surface area (Å²) in [7, 11) is 1.80. The molecule has 0 radical (unpaired) electrons. The van der Waals surface area contributed by atoms with E-state index in [4.69, 9.17) is 0 Å². The van der Waals surface area contributed by atoms with Gasteiger partial charge in [0.1, 0.15) is 11.4 Å². The fraction of sp³-hybridized carbons (Fsp3) is 0.0435. The van der Waals surface area contributed by atoms with E-state index in [-0.39, 0.29) is 5.91 Å². The van der Waals surface area contributed by atoms with Crippen LogP contribution in [0.15, 0.2) is 79.3 Å². The third-order valence-corrected chi connectivity index (χ3v) is 4.82. The average molecular weight is 394 g/mol. The summed E-state index contributed by atoms with van der Waals surface area (Å²) in [6.07, 6.45) is 5.35. The largest absolute Gasteiger partial charge is 0.361 e. The summed E-state index contributed by atoms with van der Waals surface area (Å²) in [4.78, 5) is 25.0. The molecule has 0 aliphatic heterocycles. The fourth-order valence-electron chi connectivity index (χ4n) is 3.39. The maximum absolute atomic E-state index is 12.9. The molecule has 0 atom stereocenters. The number of hydrogen-bond acceptors (Lipinski definition) is 4. The van der Waals surface area contributed by atoms with Crippen LogP contribution in [0.5, 0.6) is 0 Å². The van der Waals surface area contributed by atoms with Crippen LogP contribution < -0.4 is 5.32 Å². The summed E-state index contributed by atoms with van der Waals surface area (Å²) in [6, 6.07) is 19.1. The van der Waals surface area contributed by atoms with Gasteiger partial charge in [0.05, 0.1) is 17.1 Å². The summed E-state index contributed by atoms with van der Waals surface area (Å²) >= 11 is 0. The summed E-state index contributed by atoms with van der Waals surface area (Å²) in [5.74, 6) is -0.301. The number of aromatic amines is 1. The van der Waals surface area contributed by atoms with Crippen LogP contribution in [-0.2, 0) is 7.05 Å². The number of amides is 1. The predicted octanol–water partition coefficient (Wildman–Crippen LogP) is 4.28. The second-order valence-corrected chi connectivity index (χ2v) is 6.92. The number of hydrogen-bond donors (Lipinski definition) is 2. The van der Waals surface area contributed by atoms with Crippen LogP contribution in [0.3, 0.4) is 0 Å². The average Bonchev–Trinajstić information content (AvgIpc) is 3.40. The van der Waals surface area contributed by atoms with Gasteiger partial charge in [0.25, 0.3) is 5.91 Å². The highest BCUT2D eigenvalue weighted by Gasteiger charge is 2.16. The minimum Gasteiger partial charge on any atom is -0.361 e. The van der Waals surface area contributed by atoms with Crippen LogP contribution in [0.4, 0.5) is 5.69 Å². The molecule has 30 heavy (non-hydrogen) atoms. The molecule has 0 fully saturated rings. The summed E-state index contributed by atoms with van der Waals surface area (Å²) < 4.78 is 1.65. The van der Waals surface area contributed by atoms with Crippen molar-refractivity contribution in [3.63, 3.8) is 0 Å². The van der Waals surface area contributed by atoms with Crippen molar-refractivity contribution in [1.29, 1.82) is 0 Å². The number of carbonyl (C=O) groups is 1. The normalized spacial score (nSPS) is 11.0. The lowest BCUT2D eigenvalue weighted by Gasteiger charge is -2.07. The Bertz CT molecular complexity index is 1350. The van der Waals surface area contributed by atoms with Gasteiger partial charge < -0.3 is 10.3 Å². The molecule has 2 N–H and O–H groups in total. The molecule has 4 aromatic heterocycles. The molecule has 0 aliphatic carbocycles. The van der Waals surface area contributed by atoms with Crippen LogP contribution in [0, 0.1) is 0 Å². The molecule has 0 saturated heterocycles. The van der Waals surface area contributed by atoms with E-state index in [2.05, 4.69) is 31.4 Å². The van der Waals surface area contributed by atoms with Crippen molar-refractivity contribution in [1.82, 2.24) is 24.7 Å². The smallest absolute Gasteiger partial charge is 0.274 e. The maximum Gasteiger partial charge on any atom is 0.274 e. The van der Waals surface area contributed by atoms with E-state index in [9.17, 15) is 4.79 Å². The minimum absolute atomic E-state index is 0.301. The Morgan fingerprint density at radius 2 is 1.93 bits per heavy atom. The van der Waals surface area contributed by atoms with Crippen molar-refractivity contribution >= 4 is 22.5 Å². The van der Waals surface area contributed by atoms with Gasteiger partial charge in [0.2, 0.25) is 0 Å². The SMILES string of the molecule is Cn1cc(NC(=O)c2cccc(-c3ccc4[nH]ccc4c3)n2)c(-c2ccccn2)n1. The molecule has 1 amide bonds. The molecule has 7 nitrogen and oxygen atoms in total. The van der Waals surface area contributed by atoms with Crippen LogP contribution in [0.2, 0.25) is 0 Å². The van der Waals surface area contributed by atoms with Gasteiger partial charge in [-0.15, -0.1) is 0 Å². The Morgan fingerprint density at radius 3 is 2.80 bits per heavy atom. The van der Waals surface area contributed by atoms with Crippen LogP contribution in [0.25, 0.3) is 33.5 Å². The topological polar surface area (TPSA) is 88.5 Å². The number of nitrogens with zero attached hydrogens (tertiary/aromatic N) is 4. The Hall–Kier alpha value is -4.26. The number of H-pyrrole nitrogens is 1. The van der Waals surface area contributed by atoms with Gasteiger partial charge >= 0.3 is 0 Å². The summed E-state index contributed by atoms with van der Waals surface area (Å²) in [6.45, 7) is 0. The van der Waals surface area contributed by atoms with Crippen LogP contribution in [0.1, 0.15) is 10.5 Å². The van der Waals surface area contributed by atoms with Crippen molar-refractivity contribution in [2.75, 3.05) is 5.32 Å². The zero-order valence-corrected chi connectivity index (χ0v) is 16.2. The molecular weight excluding hydrogens is 376 g/mol. The molecule has 0 aliphatic rings. The van der Waals surface area contributed by atoms with Gasteiger partial charge in [-0.1, -0.05) is 18.2 Å². The van der Waals surface area contributed by atoms with Gasteiger partial charge in [-0.2, -0.15) is 5.10 Å². The Morgan fingerprint density at radius 1 is 1.03 bits per heavy atom. The predicted molar refractivity (Wildman–Crippen MR) is 116 cm³/mol. The molecular formula is C23H18N6O. The highest BCUT2D eigenvalue weighted by atomic mass is 16.1. The van der Waals surface area contributed by atoms with Gasteiger partial charge in [0.15, 0.2) is 0 Å². The number of fused-ring (bicyclic) bond motifs is 1. The number of rotatable bonds is 4. The maximum atomic E-state index is 12.9. The van der Waals surface area contributed by atoms with E-state index < -0.39 is 0 Å². The second kappa shape index (κ2) is 7.29. The molecule has 5 aromatic rings. The molecule has 146 valence electrons. The number of carbonyl (C=O) groups excluding carboxylic acids is 1. The van der Waals surface area contributed by atoms with Gasteiger partial charge in [0, 0.05) is 42.1 Å². The van der Waals surface area contributed by atoms with Crippen molar-refractivity contribution < 1.29 is 4.79 Å². The number of pyridine rings is 2. The first-order chi connectivity index (χ1) is 14.7. The minimum atomic E-state index is -0.301. The first-order valence-electron chi connectivity index (χ1n) is 9.48.